The summed E-state index contributed by atoms with van der Waals surface area (Å²) in [5.41, 5.74) is 0. The lowest BCUT2D eigenvalue weighted by Crippen LogP contribution is -2.18. The van der Waals surface area contributed by atoms with Gasteiger partial charge in [0, 0.05) is 6.61 Å². The first-order chi connectivity index (χ1) is 8.72. The van der Waals surface area contributed by atoms with Crippen LogP contribution in [-0.4, -0.2) is 33.6 Å². The normalized spacial score (nSPS) is 12.6. The molecule has 1 aromatic carbocycles. The topological polar surface area (TPSA) is 43.4 Å². The fourth-order valence-electron chi connectivity index (χ4n) is 1.35. The third-order valence-electron chi connectivity index (χ3n) is 2.14. The van der Waals surface area contributed by atoms with E-state index >= 15 is 0 Å². The summed E-state index contributed by atoms with van der Waals surface area (Å²) in [7, 11) is -3.84. The van der Waals surface area contributed by atoms with E-state index in [0.29, 0.717) is 0 Å². The second kappa shape index (κ2) is 6.33. The lowest BCUT2D eigenvalue weighted by atomic mass is 10.3. The SMILES string of the molecule is O=S(=O)(CCCOCC(F)(F)F)c1ccccc1F. The van der Waals surface area contributed by atoms with Crippen molar-refractivity contribution in [2.24, 2.45) is 0 Å². The molecule has 0 bridgehead atoms. The van der Waals surface area contributed by atoms with Crippen LogP contribution in [0.1, 0.15) is 6.42 Å². The highest BCUT2D eigenvalue weighted by molar-refractivity contribution is 7.91. The molecule has 0 heterocycles. The third kappa shape index (κ3) is 5.56. The number of halogens is 4. The Kier molecular flexibility index (Phi) is 5.30. The smallest absolute Gasteiger partial charge is 0.372 e. The van der Waals surface area contributed by atoms with E-state index in [9.17, 15) is 26.0 Å². The molecule has 3 nitrogen and oxygen atoms in total. The van der Waals surface area contributed by atoms with Crippen LogP contribution in [0.5, 0.6) is 0 Å². The number of hydrogen-bond acceptors (Lipinski definition) is 3. The maximum Gasteiger partial charge on any atom is 0.411 e. The molecule has 8 heteroatoms. The molecule has 0 N–H and O–H groups in total. The van der Waals surface area contributed by atoms with E-state index in [4.69, 9.17) is 0 Å². The molecule has 0 radical (unpaired) electrons. The predicted molar refractivity (Wildman–Crippen MR) is 59.9 cm³/mol. The summed E-state index contributed by atoms with van der Waals surface area (Å²) in [6, 6.07) is 4.84. The first kappa shape index (κ1) is 15.9. The Morgan fingerprint density at radius 3 is 2.37 bits per heavy atom. The molecule has 0 saturated carbocycles. The number of sulfone groups is 1. The molecule has 1 rings (SSSR count). The minimum absolute atomic E-state index is 0.132. The van der Waals surface area contributed by atoms with Gasteiger partial charge in [0.1, 0.15) is 17.3 Å². The molecule has 0 saturated heterocycles. The summed E-state index contributed by atoms with van der Waals surface area (Å²) < 4.78 is 76.2. The molecule has 0 amide bonds. The molecule has 0 atom stereocenters. The maximum absolute atomic E-state index is 13.3. The van der Waals surface area contributed by atoms with Gasteiger partial charge in [-0.25, -0.2) is 12.8 Å². The highest BCUT2D eigenvalue weighted by Gasteiger charge is 2.27. The monoisotopic (exact) mass is 300 g/mol. The van der Waals surface area contributed by atoms with Crippen molar-refractivity contribution < 1.29 is 30.7 Å². The van der Waals surface area contributed by atoms with Crippen molar-refractivity contribution in [1.82, 2.24) is 0 Å². The summed E-state index contributed by atoms with van der Waals surface area (Å²) >= 11 is 0. The number of ether oxygens (including phenoxy) is 1. The summed E-state index contributed by atoms with van der Waals surface area (Å²) in [5, 5.41) is 0. The number of rotatable bonds is 6. The van der Waals surface area contributed by atoms with Gasteiger partial charge in [0.15, 0.2) is 9.84 Å². The van der Waals surface area contributed by atoms with E-state index in [2.05, 4.69) is 4.74 Å². The Morgan fingerprint density at radius 1 is 1.16 bits per heavy atom. The Hall–Kier alpha value is -1.15. The van der Waals surface area contributed by atoms with Crippen LogP contribution in [0.4, 0.5) is 17.6 Å². The number of benzene rings is 1. The number of hydrogen-bond donors (Lipinski definition) is 0. The molecule has 0 unspecified atom stereocenters. The fraction of sp³-hybridized carbons (Fsp3) is 0.455. The Morgan fingerprint density at radius 2 is 1.79 bits per heavy atom. The van der Waals surface area contributed by atoms with Crippen LogP contribution in [0.2, 0.25) is 0 Å². The van der Waals surface area contributed by atoms with Gasteiger partial charge >= 0.3 is 6.18 Å². The average Bonchev–Trinajstić information content (AvgIpc) is 2.27. The second-order valence-electron chi connectivity index (χ2n) is 3.77. The van der Waals surface area contributed by atoms with Gasteiger partial charge in [-0.1, -0.05) is 12.1 Å². The molecule has 108 valence electrons. The molecule has 19 heavy (non-hydrogen) atoms. The van der Waals surface area contributed by atoms with Crippen LogP contribution in [0.15, 0.2) is 29.2 Å². The minimum atomic E-state index is -4.44. The lowest BCUT2D eigenvalue weighted by molar-refractivity contribution is -0.173. The highest BCUT2D eigenvalue weighted by Crippen LogP contribution is 2.17. The van der Waals surface area contributed by atoms with Crippen LogP contribution < -0.4 is 0 Å². The van der Waals surface area contributed by atoms with Gasteiger partial charge in [0.2, 0.25) is 0 Å². The van der Waals surface area contributed by atoms with Crippen LogP contribution >= 0.6 is 0 Å². The molecule has 0 aliphatic rings. The average molecular weight is 300 g/mol. The molecule has 0 aliphatic heterocycles. The maximum atomic E-state index is 13.3. The zero-order valence-electron chi connectivity index (χ0n) is 9.78. The molecular formula is C11H12F4O3S. The fourth-order valence-corrected chi connectivity index (χ4v) is 2.71. The molecule has 0 spiro atoms. The van der Waals surface area contributed by atoms with Crippen molar-refractivity contribution >= 4 is 9.84 Å². The zero-order valence-corrected chi connectivity index (χ0v) is 10.6. The van der Waals surface area contributed by atoms with Gasteiger partial charge < -0.3 is 4.74 Å². The van der Waals surface area contributed by atoms with Crippen LogP contribution in [0.3, 0.4) is 0 Å². The van der Waals surface area contributed by atoms with E-state index in [1.807, 2.05) is 0 Å². The predicted octanol–water partition coefficient (Wildman–Crippen LogP) is 2.57. The van der Waals surface area contributed by atoms with Crippen molar-refractivity contribution in [3.8, 4) is 0 Å². The summed E-state index contributed by atoms with van der Waals surface area (Å²) in [4.78, 5) is -0.453. The Balaban J connectivity index is 2.47. The van der Waals surface area contributed by atoms with Gasteiger partial charge in [0.25, 0.3) is 0 Å². The summed E-state index contributed by atoms with van der Waals surface area (Å²) in [6.07, 6.45) is -4.57. The first-order valence-corrected chi connectivity index (χ1v) is 6.99. The van der Waals surface area contributed by atoms with Crippen molar-refractivity contribution in [1.29, 1.82) is 0 Å². The summed E-state index contributed by atoms with van der Waals surface area (Å²) in [5.74, 6) is -1.34. The van der Waals surface area contributed by atoms with E-state index < -0.39 is 39.1 Å². The molecule has 1 aromatic rings. The van der Waals surface area contributed by atoms with Gasteiger partial charge in [-0.2, -0.15) is 13.2 Å². The largest absolute Gasteiger partial charge is 0.411 e. The van der Waals surface area contributed by atoms with E-state index in [0.717, 1.165) is 12.1 Å². The molecule has 0 fully saturated rings. The summed E-state index contributed by atoms with van der Waals surface area (Å²) in [6.45, 7) is -1.78. The Labute approximate surface area is 108 Å². The highest BCUT2D eigenvalue weighted by atomic mass is 32.2. The van der Waals surface area contributed by atoms with Crippen molar-refractivity contribution in [2.75, 3.05) is 19.0 Å². The Bertz CT molecular complexity index is 511. The second-order valence-corrected chi connectivity index (χ2v) is 5.85. The minimum Gasteiger partial charge on any atom is -0.372 e. The van der Waals surface area contributed by atoms with E-state index in [1.54, 1.807) is 0 Å². The third-order valence-corrected chi connectivity index (χ3v) is 3.97. The van der Waals surface area contributed by atoms with Gasteiger partial charge in [-0.05, 0) is 18.6 Å². The standard InChI is InChI=1S/C11H12F4O3S/c12-9-4-1-2-5-10(9)19(16,17)7-3-6-18-8-11(13,14)15/h1-2,4-5H,3,6-8H2. The molecular weight excluding hydrogens is 288 g/mol. The van der Waals surface area contributed by atoms with Crippen LogP contribution in [0.25, 0.3) is 0 Å². The van der Waals surface area contributed by atoms with E-state index in [1.165, 1.54) is 12.1 Å². The van der Waals surface area contributed by atoms with Crippen LogP contribution in [0, 0.1) is 5.82 Å². The quantitative estimate of drug-likeness (QED) is 0.599. The van der Waals surface area contributed by atoms with Gasteiger partial charge in [0.05, 0.1) is 5.75 Å². The van der Waals surface area contributed by atoms with Gasteiger partial charge in [-0.3, -0.25) is 0 Å². The van der Waals surface area contributed by atoms with E-state index in [-0.39, 0.29) is 13.0 Å². The zero-order chi connectivity index (χ0) is 14.5. The lowest BCUT2D eigenvalue weighted by Gasteiger charge is -2.08. The first-order valence-electron chi connectivity index (χ1n) is 5.34. The number of alkyl halides is 3. The van der Waals surface area contributed by atoms with Crippen molar-refractivity contribution in [2.45, 2.75) is 17.5 Å². The van der Waals surface area contributed by atoms with Crippen molar-refractivity contribution in [3.05, 3.63) is 30.1 Å². The van der Waals surface area contributed by atoms with Crippen molar-refractivity contribution in [3.63, 3.8) is 0 Å². The van der Waals surface area contributed by atoms with Gasteiger partial charge in [-0.15, -0.1) is 0 Å². The van der Waals surface area contributed by atoms with Crippen LogP contribution in [-0.2, 0) is 14.6 Å². The molecule has 0 aliphatic carbocycles. The molecule has 0 aromatic heterocycles.